The Morgan fingerprint density at radius 2 is 1.91 bits per heavy atom. The van der Waals surface area contributed by atoms with Gasteiger partial charge in [0.25, 0.3) is 0 Å². The quantitative estimate of drug-likeness (QED) is 0.668. The van der Waals surface area contributed by atoms with Crippen LogP contribution < -0.4 is 0 Å². The van der Waals surface area contributed by atoms with Gasteiger partial charge in [-0.2, -0.15) is 4.98 Å². The van der Waals surface area contributed by atoms with Crippen molar-refractivity contribution >= 4 is 0 Å². The van der Waals surface area contributed by atoms with Crippen molar-refractivity contribution in [3.8, 4) is 11.4 Å². The van der Waals surface area contributed by atoms with E-state index in [0.717, 1.165) is 25.1 Å². The van der Waals surface area contributed by atoms with Gasteiger partial charge < -0.3 is 4.52 Å². The molecule has 0 saturated heterocycles. The summed E-state index contributed by atoms with van der Waals surface area (Å²) in [4.78, 5) is 10.9. The van der Waals surface area contributed by atoms with Gasteiger partial charge in [-0.15, -0.1) is 0 Å². The number of benzene rings is 1. The first-order chi connectivity index (χ1) is 11.3. The summed E-state index contributed by atoms with van der Waals surface area (Å²) in [7, 11) is 0. The van der Waals surface area contributed by atoms with E-state index in [-0.39, 0.29) is 0 Å². The van der Waals surface area contributed by atoms with E-state index in [9.17, 15) is 0 Å². The fourth-order valence-corrected chi connectivity index (χ4v) is 2.49. The van der Waals surface area contributed by atoms with Gasteiger partial charge in [0.15, 0.2) is 0 Å². The van der Waals surface area contributed by atoms with E-state index < -0.39 is 0 Å². The lowest BCUT2D eigenvalue weighted by molar-refractivity contribution is 0.219. The molecule has 1 aromatic carbocycles. The van der Waals surface area contributed by atoms with Crippen LogP contribution in [-0.2, 0) is 13.1 Å². The van der Waals surface area contributed by atoms with Crippen LogP contribution in [0.15, 0.2) is 59.4 Å². The molecule has 2 aromatic heterocycles. The fraction of sp³-hybridized carbons (Fsp3) is 0.278. The molecule has 0 atom stereocenters. The minimum absolute atomic E-state index is 0.587. The van der Waals surface area contributed by atoms with Crippen LogP contribution in [0.2, 0.25) is 0 Å². The Morgan fingerprint density at radius 3 is 2.65 bits per heavy atom. The smallest absolute Gasteiger partial charge is 0.241 e. The highest BCUT2D eigenvalue weighted by atomic mass is 16.5. The summed E-state index contributed by atoms with van der Waals surface area (Å²) in [6.45, 7) is 4.68. The molecule has 0 radical (unpaired) electrons. The Bertz CT molecular complexity index is 712. The SMILES string of the molecule is CCCN(Cc1ccccc1)Cc1nc(-c2cccnc2)no1. The predicted molar refractivity (Wildman–Crippen MR) is 88.4 cm³/mol. The van der Waals surface area contributed by atoms with Crippen molar-refractivity contribution in [2.45, 2.75) is 26.4 Å². The first-order valence-corrected chi connectivity index (χ1v) is 7.84. The first-order valence-electron chi connectivity index (χ1n) is 7.84. The highest BCUT2D eigenvalue weighted by Crippen LogP contribution is 2.15. The van der Waals surface area contributed by atoms with Crippen molar-refractivity contribution in [2.24, 2.45) is 0 Å². The van der Waals surface area contributed by atoms with Gasteiger partial charge in [-0.3, -0.25) is 9.88 Å². The number of rotatable bonds is 7. The molecule has 23 heavy (non-hydrogen) atoms. The summed E-state index contributed by atoms with van der Waals surface area (Å²) >= 11 is 0. The van der Waals surface area contributed by atoms with Crippen molar-refractivity contribution in [3.63, 3.8) is 0 Å². The minimum atomic E-state index is 0.587. The molecule has 5 nitrogen and oxygen atoms in total. The summed E-state index contributed by atoms with van der Waals surface area (Å²) in [5.74, 6) is 1.22. The second-order valence-electron chi connectivity index (χ2n) is 5.45. The molecule has 3 rings (SSSR count). The molecule has 0 aliphatic carbocycles. The van der Waals surface area contributed by atoms with Crippen molar-refractivity contribution in [1.29, 1.82) is 0 Å². The molecular weight excluding hydrogens is 288 g/mol. The Labute approximate surface area is 136 Å². The van der Waals surface area contributed by atoms with Gasteiger partial charge in [-0.05, 0) is 30.7 Å². The van der Waals surface area contributed by atoms with Crippen LogP contribution in [0.1, 0.15) is 24.8 Å². The van der Waals surface area contributed by atoms with E-state index in [0.29, 0.717) is 18.3 Å². The lowest BCUT2D eigenvalue weighted by Crippen LogP contribution is -2.23. The van der Waals surface area contributed by atoms with Crippen molar-refractivity contribution in [3.05, 3.63) is 66.3 Å². The number of hydrogen-bond acceptors (Lipinski definition) is 5. The Balaban J connectivity index is 1.69. The van der Waals surface area contributed by atoms with Crippen molar-refractivity contribution in [2.75, 3.05) is 6.54 Å². The normalized spacial score (nSPS) is 11.0. The maximum atomic E-state index is 5.40. The average molecular weight is 308 g/mol. The van der Waals surface area contributed by atoms with E-state index in [1.54, 1.807) is 12.4 Å². The van der Waals surface area contributed by atoms with Crippen LogP contribution in [-0.4, -0.2) is 26.6 Å². The van der Waals surface area contributed by atoms with Gasteiger partial charge in [-0.1, -0.05) is 42.4 Å². The lowest BCUT2D eigenvalue weighted by atomic mass is 10.2. The number of aromatic nitrogens is 3. The monoisotopic (exact) mass is 308 g/mol. The molecule has 0 N–H and O–H groups in total. The molecule has 0 bridgehead atoms. The second-order valence-corrected chi connectivity index (χ2v) is 5.45. The molecule has 0 saturated carbocycles. The third kappa shape index (κ3) is 4.23. The van der Waals surface area contributed by atoms with E-state index in [1.165, 1.54) is 5.56 Å². The van der Waals surface area contributed by atoms with Crippen molar-refractivity contribution < 1.29 is 4.52 Å². The molecule has 0 aliphatic heterocycles. The highest BCUT2D eigenvalue weighted by molar-refractivity contribution is 5.51. The van der Waals surface area contributed by atoms with E-state index in [1.807, 2.05) is 18.2 Å². The van der Waals surface area contributed by atoms with Gasteiger partial charge in [0.1, 0.15) is 0 Å². The average Bonchev–Trinajstić information content (AvgIpc) is 3.05. The van der Waals surface area contributed by atoms with Crippen LogP contribution in [0, 0.1) is 0 Å². The zero-order valence-electron chi connectivity index (χ0n) is 13.2. The maximum absolute atomic E-state index is 5.40. The molecule has 2 heterocycles. The summed E-state index contributed by atoms with van der Waals surface area (Å²) in [6.07, 6.45) is 4.55. The first kappa shape index (κ1) is 15.4. The largest absolute Gasteiger partial charge is 0.338 e. The van der Waals surface area contributed by atoms with Crippen LogP contribution >= 0.6 is 0 Å². The molecule has 0 unspecified atom stereocenters. The predicted octanol–water partition coefficient (Wildman–Crippen LogP) is 3.54. The van der Waals surface area contributed by atoms with Gasteiger partial charge >= 0.3 is 0 Å². The number of hydrogen-bond donors (Lipinski definition) is 0. The molecule has 5 heteroatoms. The van der Waals surface area contributed by atoms with Crippen LogP contribution in [0.5, 0.6) is 0 Å². The number of nitrogens with zero attached hydrogens (tertiary/aromatic N) is 4. The van der Waals surface area contributed by atoms with Crippen LogP contribution in [0.3, 0.4) is 0 Å². The summed E-state index contributed by atoms with van der Waals surface area (Å²) in [5, 5.41) is 4.05. The highest BCUT2D eigenvalue weighted by Gasteiger charge is 2.13. The van der Waals surface area contributed by atoms with E-state index >= 15 is 0 Å². The van der Waals surface area contributed by atoms with Gasteiger partial charge in [0, 0.05) is 24.5 Å². The second kappa shape index (κ2) is 7.65. The zero-order chi connectivity index (χ0) is 15.9. The molecular formula is C18H20N4O. The lowest BCUT2D eigenvalue weighted by Gasteiger charge is -2.19. The third-order valence-electron chi connectivity index (χ3n) is 3.54. The Hall–Kier alpha value is -2.53. The number of pyridine rings is 1. The molecule has 0 spiro atoms. The molecule has 3 aromatic rings. The van der Waals surface area contributed by atoms with Crippen molar-refractivity contribution in [1.82, 2.24) is 20.0 Å². The molecule has 118 valence electrons. The Morgan fingerprint density at radius 1 is 1.04 bits per heavy atom. The molecule has 0 aliphatic rings. The zero-order valence-corrected chi connectivity index (χ0v) is 13.2. The van der Waals surface area contributed by atoms with Crippen LogP contribution in [0.25, 0.3) is 11.4 Å². The molecule has 0 fully saturated rings. The fourth-order valence-electron chi connectivity index (χ4n) is 2.49. The van der Waals surface area contributed by atoms with Gasteiger partial charge in [0.2, 0.25) is 11.7 Å². The third-order valence-corrected chi connectivity index (χ3v) is 3.54. The molecule has 0 amide bonds. The Kier molecular flexibility index (Phi) is 5.11. The maximum Gasteiger partial charge on any atom is 0.241 e. The van der Waals surface area contributed by atoms with E-state index in [2.05, 4.69) is 51.2 Å². The van der Waals surface area contributed by atoms with Gasteiger partial charge in [0.05, 0.1) is 6.54 Å². The minimum Gasteiger partial charge on any atom is -0.338 e. The van der Waals surface area contributed by atoms with E-state index in [4.69, 9.17) is 4.52 Å². The summed E-state index contributed by atoms with van der Waals surface area (Å²) < 4.78 is 5.40. The summed E-state index contributed by atoms with van der Waals surface area (Å²) in [6, 6.07) is 14.2. The van der Waals surface area contributed by atoms with Gasteiger partial charge in [-0.25, -0.2) is 0 Å². The summed E-state index contributed by atoms with van der Waals surface area (Å²) in [5.41, 5.74) is 2.15. The van der Waals surface area contributed by atoms with Crippen LogP contribution in [0.4, 0.5) is 0 Å². The standard InChI is InChI=1S/C18H20N4O/c1-2-11-22(13-15-7-4-3-5-8-15)14-17-20-18(21-23-17)16-9-6-10-19-12-16/h3-10,12H,2,11,13-14H2,1H3. The topological polar surface area (TPSA) is 55.1 Å².